The van der Waals surface area contributed by atoms with Crippen LogP contribution < -0.4 is 9.47 Å². The first-order valence-electron chi connectivity index (χ1n) is 8.93. The summed E-state index contributed by atoms with van der Waals surface area (Å²) < 4.78 is 11.3. The number of hydrogen-bond acceptors (Lipinski definition) is 5. The molecule has 0 heterocycles. The molecule has 0 fully saturated rings. The zero-order valence-corrected chi connectivity index (χ0v) is 15.5. The van der Waals surface area contributed by atoms with Gasteiger partial charge in [0.25, 0.3) is 5.69 Å². The number of ether oxygens (including phenoxy) is 2. The summed E-state index contributed by atoms with van der Waals surface area (Å²) in [4.78, 5) is 10.3. The van der Waals surface area contributed by atoms with Gasteiger partial charge in [-0.1, -0.05) is 30.3 Å². The Morgan fingerprint density at radius 3 is 2.24 bits per heavy atom. The standard InChI is InChI=1S/C23H18N2O4/c24-17-20(19-9-11-21(12-10-19)25(26)27)15-18-5-4-8-23(16-18)29-14-13-28-22-6-2-1-3-7-22/h1-12,15-16H,13-14H2. The molecule has 0 aliphatic rings. The Hall–Kier alpha value is -4.11. The minimum atomic E-state index is -0.470. The Balaban J connectivity index is 1.64. The van der Waals surface area contributed by atoms with E-state index in [1.54, 1.807) is 18.2 Å². The number of nitrogens with zero attached hydrogens (tertiary/aromatic N) is 2. The van der Waals surface area contributed by atoms with Crippen LogP contribution in [0.1, 0.15) is 11.1 Å². The van der Waals surface area contributed by atoms with Gasteiger partial charge in [0.15, 0.2) is 0 Å². The lowest BCUT2D eigenvalue weighted by molar-refractivity contribution is -0.384. The molecule has 0 atom stereocenters. The fourth-order valence-electron chi connectivity index (χ4n) is 2.64. The molecule has 0 N–H and O–H groups in total. The van der Waals surface area contributed by atoms with E-state index >= 15 is 0 Å². The molecule has 6 nitrogen and oxygen atoms in total. The highest BCUT2D eigenvalue weighted by atomic mass is 16.6. The largest absolute Gasteiger partial charge is 0.490 e. The van der Waals surface area contributed by atoms with Gasteiger partial charge in [-0.15, -0.1) is 0 Å². The molecule has 144 valence electrons. The van der Waals surface area contributed by atoms with Crippen LogP contribution in [-0.2, 0) is 0 Å². The van der Waals surface area contributed by atoms with E-state index in [1.165, 1.54) is 12.1 Å². The second-order valence-electron chi connectivity index (χ2n) is 6.06. The summed E-state index contributed by atoms with van der Waals surface area (Å²) in [5, 5.41) is 20.2. The fraction of sp³-hybridized carbons (Fsp3) is 0.0870. The lowest BCUT2D eigenvalue weighted by Crippen LogP contribution is -2.08. The molecule has 0 aliphatic carbocycles. The molecular weight excluding hydrogens is 368 g/mol. The van der Waals surface area contributed by atoms with Gasteiger partial charge < -0.3 is 9.47 Å². The number of nitro benzene ring substituents is 1. The van der Waals surface area contributed by atoms with Crippen LogP contribution in [0.2, 0.25) is 0 Å². The van der Waals surface area contributed by atoms with Crippen LogP contribution in [0.4, 0.5) is 5.69 Å². The van der Waals surface area contributed by atoms with Gasteiger partial charge in [0.05, 0.1) is 16.6 Å². The summed E-state index contributed by atoms with van der Waals surface area (Å²) >= 11 is 0. The lowest BCUT2D eigenvalue weighted by atomic mass is 10.0. The summed E-state index contributed by atoms with van der Waals surface area (Å²) in [5.74, 6) is 1.45. The highest BCUT2D eigenvalue weighted by Crippen LogP contribution is 2.22. The SMILES string of the molecule is N#CC(=Cc1cccc(OCCOc2ccccc2)c1)c1ccc([N+](=O)[O-])cc1. The predicted molar refractivity (Wildman–Crippen MR) is 110 cm³/mol. The Kier molecular flexibility index (Phi) is 6.58. The second-order valence-corrected chi connectivity index (χ2v) is 6.06. The van der Waals surface area contributed by atoms with Gasteiger partial charge >= 0.3 is 0 Å². The number of para-hydroxylation sites is 1. The number of non-ortho nitro benzene ring substituents is 1. The third-order valence-corrected chi connectivity index (χ3v) is 4.04. The van der Waals surface area contributed by atoms with Gasteiger partial charge in [0, 0.05) is 12.1 Å². The second kappa shape index (κ2) is 9.72. The number of hydrogen-bond donors (Lipinski definition) is 0. The minimum Gasteiger partial charge on any atom is -0.490 e. The first-order chi connectivity index (χ1) is 14.2. The van der Waals surface area contributed by atoms with Crippen molar-refractivity contribution in [2.75, 3.05) is 13.2 Å². The normalized spacial score (nSPS) is 10.8. The highest BCUT2D eigenvalue weighted by Gasteiger charge is 2.07. The molecule has 6 heteroatoms. The van der Waals surface area contributed by atoms with Gasteiger partial charge in [-0.25, -0.2) is 0 Å². The molecule has 0 saturated heterocycles. The highest BCUT2D eigenvalue weighted by molar-refractivity contribution is 5.89. The Bertz CT molecular complexity index is 1040. The fourth-order valence-corrected chi connectivity index (χ4v) is 2.64. The van der Waals surface area contributed by atoms with E-state index in [4.69, 9.17) is 9.47 Å². The van der Waals surface area contributed by atoms with Crippen LogP contribution in [0.3, 0.4) is 0 Å². The molecule has 3 aromatic rings. The third kappa shape index (κ3) is 5.68. The van der Waals surface area contributed by atoms with Gasteiger partial charge in [-0.2, -0.15) is 5.26 Å². The van der Waals surface area contributed by atoms with E-state index < -0.39 is 4.92 Å². The van der Waals surface area contributed by atoms with Crippen molar-refractivity contribution < 1.29 is 14.4 Å². The lowest BCUT2D eigenvalue weighted by Gasteiger charge is -2.09. The molecule has 0 bridgehead atoms. The zero-order chi connectivity index (χ0) is 20.5. The van der Waals surface area contributed by atoms with Crippen LogP contribution >= 0.6 is 0 Å². The number of nitro groups is 1. The average Bonchev–Trinajstić information content (AvgIpc) is 2.76. The van der Waals surface area contributed by atoms with E-state index in [9.17, 15) is 15.4 Å². The Morgan fingerprint density at radius 2 is 1.59 bits per heavy atom. The molecule has 0 radical (unpaired) electrons. The van der Waals surface area contributed by atoms with Crippen molar-refractivity contribution >= 4 is 17.3 Å². The quantitative estimate of drug-likeness (QED) is 0.176. The van der Waals surface area contributed by atoms with Crippen molar-refractivity contribution in [2.24, 2.45) is 0 Å². The van der Waals surface area contributed by atoms with Crippen LogP contribution in [0, 0.1) is 21.4 Å². The number of rotatable bonds is 8. The molecule has 3 rings (SSSR count). The van der Waals surface area contributed by atoms with E-state index in [-0.39, 0.29) is 5.69 Å². The first-order valence-corrected chi connectivity index (χ1v) is 8.93. The molecule has 0 amide bonds. The van der Waals surface area contributed by atoms with Crippen LogP contribution in [0.5, 0.6) is 11.5 Å². The third-order valence-electron chi connectivity index (χ3n) is 4.04. The molecular formula is C23H18N2O4. The van der Waals surface area contributed by atoms with Crippen molar-refractivity contribution in [1.29, 1.82) is 5.26 Å². The smallest absolute Gasteiger partial charge is 0.269 e. The van der Waals surface area contributed by atoms with Gasteiger partial charge in [0.2, 0.25) is 0 Å². The summed E-state index contributed by atoms with van der Waals surface area (Å²) in [6.07, 6.45) is 1.72. The molecule has 0 saturated carbocycles. The van der Waals surface area contributed by atoms with Gasteiger partial charge in [-0.3, -0.25) is 10.1 Å². The molecule has 29 heavy (non-hydrogen) atoms. The Morgan fingerprint density at radius 1 is 0.931 bits per heavy atom. The van der Waals surface area contributed by atoms with Crippen molar-refractivity contribution in [3.05, 3.63) is 100 Å². The average molecular weight is 386 g/mol. The number of allylic oxidation sites excluding steroid dienone is 1. The maximum Gasteiger partial charge on any atom is 0.269 e. The predicted octanol–water partition coefficient (Wildman–Crippen LogP) is 5.12. The minimum absolute atomic E-state index is 0.0147. The van der Waals surface area contributed by atoms with Crippen molar-refractivity contribution in [1.82, 2.24) is 0 Å². The maximum absolute atomic E-state index is 10.8. The van der Waals surface area contributed by atoms with Gasteiger partial charge in [-0.05, 0) is 53.6 Å². The molecule has 0 spiro atoms. The first kappa shape index (κ1) is 19.6. The van der Waals surface area contributed by atoms with Crippen LogP contribution in [-0.4, -0.2) is 18.1 Å². The monoisotopic (exact) mass is 386 g/mol. The zero-order valence-electron chi connectivity index (χ0n) is 15.5. The molecule has 0 unspecified atom stereocenters. The summed E-state index contributed by atoms with van der Waals surface area (Å²) in [6, 6.07) is 24.9. The van der Waals surface area contributed by atoms with Gasteiger partial charge in [0.1, 0.15) is 24.7 Å². The van der Waals surface area contributed by atoms with E-state index in [1.807, 2.05) is 54.6 Å². The van der Waals surface area contributed by atoms with Crippen LogP contribution in [0.25, 0.3) is 11.6 Å². The Labute approximate surface area is 168 Å². The number of nitriles is 1. The van der Waals surface area contributed by atoms with Crippen molar-refractivity contribution in [3.8, 4) is 17.6 Å². The summed E-state index contributed by atoms with van der Waals surface area (Å²) in [7, 11) is 0. The summed E-state index contributed by atoms with van der Waals surface area (Å²) in [6.45, 7) is 0.797. The molecule has 3 aromatic carbocycles. The van der Waals surface area contributed by atoms with Crippen molar-refractivity contribution in [2.45, 2.75) is 0 Å². The van der Waals surface area contributed by atoms with E-state index in [0.717, 1.165) is 11.3 Å². The van der Waals surface area contributed by atoms with E-state index in [0.29, 0.717) is 30.1 Å². The number of benzene rings is 3. The van der Waals surface area contributed by atoms with E-state index in [2.05, 4.69) is 6.07 Å². The van der Waals surface area contributed by atoms with Crippen molar-refractivity contribution in [3.63, 3.8) is 0 Å². The topological polar surface area (TPSA) is 85.4 Å². The molecule has 0 aliphatic heterocycles. The maximum atomic E-state index is 10.8. The van der Waals surface area contributed by atoms with Crippen LogP contribution in [0.15, 0.2) is 78.9 Å². The summed E-state index contributed by atoms with van der Waals surface area (Å²) in [5.41, 5.74) is 1.80. The molecule has 0 aromatic heterocycles.